The molecule has 0 aliphatic carbocycles. The van der Waals surface area contributed by atoms with Gasteiger partial charge < -0.3 is 10.4 Å². The molecule has 2 aromatic heterocycles. The minimum Gasteiger partial charge on any atom is -0.481 e. The van der Waals surface area contributed by atoms with Gasteiger partial charge in [-0.2, -0.15) is 0 Å². The van der Waals surface area contributed by atoms with Crippen LogP contribution in [0.2, 0.25) is 0 Å². The Morgan fingerprint density at radius 1 is 1.26 bits per heavy atom. The highest BCUT2D eigenvalue weighted by molar-refractivity contribution is 5.79. The van der Waals surface area contributed by atoms with Crippen molar-refractivity contribution in [3.05, 3.63) is 69.8 Å². The molecular formula is C19H20N4O4. The lowest BCUT2D eigenvalue weighted by molar-refractivity contribution is -0.137. The number of benzene rings is 1. The molecule has 0 saturated heterocycles. The minimum atomic E-state index is -0.930. The Hall–Kier alpha value is -3.42. The lowest BCUT2D eigenvalue weighted by Gasteiger charge is -2.19. The highest BCUT2D eigenvalue weighted by Crippen LogP contribution is 2.18. The van der Waals surface area contributed by atoms with E-state index in [-0.39, 0.29) is 30.7 Å². The summed E-state index contributed by atoms with van der Waals surface area (Å²) in [6.07, 6.45) is 1.66. The van der Waals surface area contributed by atoms with Crippen LogP contribution in [-0.2, 0) is 16.0 Å². The van der Waals surface area contributed by atoms with Gasteiger partial charge in [-0.15, -0.1) is 0 Å². The fourth-order valence-electron chi connectivity index (χ4n) is 2.99. The predicted octanol–water partition coefficient (Wildman–Crippen LogP) is 1.60. The number of fused-ring (bicyclic) bond motifs is 1. The molecule has 27 heavy (non-hydrogen) atoms. The molecule has 3 rings (SSSR count). The molecule has 0 radical (unpaired) electrons. The van der Waals surface area contributed by atoms with Crippen LogP contribution in [0.25, 0.3) is 5.65 Å². The maximum atomic E-state index is 12.6. The summed E-state index contributed by atoms with van der Waals surface area (Å²) in [6.45, 7) is 1.69. The first-order valence-corrected chi connectivity index (χ1v) is 8.57. The molecule has 1 amide bonds. The topological polar surface area (TPSA) is 117 Å². The van der Waals surface area contributed by atoms with Crippen molar-refractivity contribution in [3.8, 4) is 0 Å². The SMILES string of the molecule is Cc1nc2cc[nH]n2c(=O)c1CC(=O)NC(CCC(=O)O)c1ccccc1. The standard InChI is InChI=1S/C19H20N4O4/c1-12-14(19(27)23-16(21-12)9-10-20-23)11-17(24)22-15(7-8-18(25)26)13-5-3-2-4-6-13/h2-6,9-10,15,20H,7-8,11H2,1H3,(H,22,24)(H,25,26). The number of hydrogen-bond donors (Lipinski definition) is 3. The molecule has 1 unspecified atom stereocenters. The third-order valence-electron chi connectivity index (χ3n) is 4.37. The van der Waals surface area contributed by atoms with Crippen LogP contribution in [0.5, 0.6) is 0 Å². The number of carboxylic acid groups (broad SMARTS) is 1. The number of aromatic amines is 1. The minimum absolute atomic E-state index is 0.0719. The lowest BCUT2D eigenvalue weighted by atomic mass is 10.0. The molecule has 3 aromatic rings. The van der Waals surface area contributed by atoms with Gasteiger partial charge in [0.25, 0.3) is 5.56 Å². The van der Waals surface area contributed by atoms with Gasteiger partial charge in [0, 0.05) is 29.9 Å². The molecule has 0 saturated carbocycles. The summed E-state index contributed by atoms with van der Waals surface area (Å²) in [7, 11) is 0. The molecular weight excluding hydrogens is 348 g/mol. The van der Waals surface area contributed by atoms with Crippen molar-refractivity contribution < 1.29 is 14.7 Å². The Morgan fingerprint density at radius 3 is 2.70 bits per heavy atom. The smallest absolute Gasteiger partial charge is 0.303 e. The molecule has 1 atom stereocenters. The van der Waals surface area contributed by atoms with Gasteiger partial charge in [-0.05, 0) is 18.9 Å². The van der Waals surface area contributed by atoms with Gasteiger partial charge in [0.1, 0.15) is 0 Å². The van der Waals surface area contributed by atoms with Crippen molar-refractivity contribution in [2.45, 2.75) is 32.2 Å². The molecule has 1 aromatic carbocycles. The normalized spacial score (nSPS) is 12.0. The maximum Gasteiger partial charge on any atom is 0.303 e. The number of carbonyl (C=O) groups is 2. The summed E-state index contributed by atoms with van der Waals surface area (Å²) in [6, 6.07) is 10.4. The molecule has 0 bridgehead atoms. The van der Waals surface area contributed by atoms with E-state index in [0.29, 0.717) is 16.9 Å². The van der Waals surface area contributed by atoms with Crippen molar-refractivity contribution in [2.75, 3.05) is 0 Å². The number of carbonyl (C=O) groups excluding carboxylic acids is 1. The zero-order chi connectivity index (χ0) is 19.4. The first kappa shape index (κ1) is 18.4. The number of amides is 1. The number of aryl methyl sites for hydroxylation is 1. The largest absolute Gasteiger partial charge is 0.481 e. The van der Waals surface area contributed by atoms with E-state index in [1.54, 1.807) is 19.2 Å². The molecule has 3 N–H and O–H groups in total. The van der Waals surface area contributed by atoms with Gasteiger partial charge in [0.2, 0.25) is 5.91 Å². The van der Waals surface area contributed by atoms with Crippen LogP contribution >= 0.6 is 0 Å². The van der Waals surface area contributed by atoms with Gasteiger partial charge in [-0.1, -0.05) is 30.3 Å². The second kappa shape index (κ2) is 7.86. The Morgan fingerprint density at radius 2 is 2.00 bits per heavy atom. The second-order valence-electron chi connectivity index (χ2n) is 6.28. The maximum absolute atomic E-state index is 12.6. The van der Waals surface area contributed by atoms with Crippen LogP contribution in [0.3, 0.4) is 0 Å². The summed E-state index contributed by atoms with van der Waals surface area (Å²) in [4.78, 5) is 40.4. The van der Waals surface area contributed by atoms with Crippen molar-refractivity contribution in [2.24, 2.45) is 0 Å². The van der Waals surface area contributed by atoms with Crippen LogP contribution in [0, 0.1) is 6.92 Å². The highest BCUT2D eigenvalue weighted by Gasteiger charge is 2.19. The van der Waals surface area contributed by atoms with Crippen LogP contribution in [0.15, 0.2) is 47.4 Å². The third-order valence-corrected chi connectivity index (χ3v) is 4.37. The zero-order valence-electron chi connectivity index (χ0n) is 14.8. The van der Waals surface area contributed by atoms with E-state index in [1.807, 2.05) is 30.3 Å². The first-order chi connectivity index (χ1) is 13.0. The van der Waals surface area contributed by atoms with Gasteiger partial charge >= 0.3 is 5.97 Å². The van der Waals surface area contributed by atoms with E-state index in [2.05, 4.69) is 15.4 Å². The van der Waals surface area contributed by atoms with Gasteiger partial charge in [0.05, 0.1) is 12.5 Å². The number of nitrogens with one attached hydrogen (secondary N) is 2. The van der Waals surface area contributed by atoms with Gasteiger partial charge in [-0.3, -0.25) is 19.5 Å². The van der Waals surface area contributed by atoms with E-state index in [0.717, 1.165) is 5.56 Å². The molecule has 0 fully saturated rings. The molecule has 8 heteroatoms. The van der Waals surface area contributed by atoms with Crippen molar-refractivity contribution in [1.29, 1.82) is 0 Å². The highest BCUT2D eigenvalue weighted by atomic mass is 16.4. The Balaban J connectivity index is 1.80. The Bertz CT molecular complexity index is 1020. The Labute approximate surface area is 154 Å². The number of carboxylic acids is 1. The number of aliphatic carboxylic acids is 1. The first-order valence-electron chi connectivity index (χ1n) is 8.57. The molecule has 0 aliphatic heterocycles. The van der Waals surface area contributed by atoms with Crippen LogP contribution in [0.1, 0.15) is 35.7 Å². The van der Waals surface area contributed by atoms with Crippen molar-refractivity contribution >= 4 is 17.5 Å². The van der Waals surface area contributed by atoms with E-state index in [4.69, 9.17) is 5.11 Å². The lowest BCUT2D eigenvalue weighted by Crippen LogP contribution is -2.33. The number of nitrogens with zero attached hydrogens (tertiary/aromatic N) is 2. The molecule has 8 nitrogen and oxygen atoms in total. The molecule has 140 valence electrons. The van der Waals surface area contributed by atoms with E-state index in [1.165, 1.54) is 4.52 Å². The van der Waals surface area contributed by atoms with Crippen LogP contribution in [0.4, 0.5) is 0 Å². The average molecular weight is 368 g/mol. The molecule has 2 heterocycles. The summed E-state index contributed by atoms with van der Waals surface area (Å²) < 4.78 is 1.29. The Kier molecular flexibility index (Phi) is 5.35. The predicted molar refractivity (Wildman–Crippen MR) is 98.4 cm³/mol. The summed E-state index contributed by atoms with van der Waals surface area (Å²) >= 11 is 0. The van der Waals surface area contributed by atoms with Gasteiger partial charge in [-0.25, -0.2) is 9.50 Å². The summed E-state index contributed by atoms with van der Waals surface area (Å²) in [5.41, 5.74) is 1.79. The number of aromatic nitrogens is 3. The number of hydrogen-bond acceptors (Lipinski definition) is 4. The number of rotatable bonds is 7. The van der Waals surface area contributed by atoms with E-state index < -0.39 is 12.0 Å². The zero-order valence-corrected chi connectivity index (χ0v) is 14.8. The van der Waals surface area contributed by atoms with Crippen molar-refractivity contribution in [1.82, 2.24) is 19.9 Å². The van der Waals surface area contributed by atoms with E-state index >= 15 is 0 Å². The quantitative estimate of drug-likeness (QED) is 0.586. The summed E-state index contributed by atoms with van der Waals surface area (Å²) in [5.74, 6) is -1.29. The van der Waals surface area contributed by atoms with Gasteiger partial charge in [0.15, 0.2) is 5.65 Å². The van der Waals surface area contributed by atoms with E-state index in [9.17, 15) is 14.4 Å². The van der Waals surface area contributed by atoms with Crippen LogP contribution in [-0.4, -0.2) is 31.6 Å². The summed E-state index contributed by atoms with van der Waals surface area (Å²) in [5, 5.41) is 14.6. The fraction of sp³-hybridized carbons (Fsp3) is 0.263. The monoisotopic (exact) mass is 368 g/mol. The van der Waals surface area contributed by atoms with Crippen LogP contribution < -0.4 is 10.9 Å². The number of H-pyrrole nitrogens is 1. The molecule has 0 aliphatic rings. The third kappa shape index (κ3) is 4.22. The second-order valence-corrected chi connectivity index (χ2v) is 6.28. The fourth-order valence-corrected chi connectivity index (χ4v) is 2.99. The average Bonchev–Trinajstić information content (AvgIpc) is 3.11. The molecule has 0 spiro atoms. The van der Waals surface area contributed by atoms with Crippen molar-refractivity contribution in [3.63, 3.8) is 0 Å².